The monoisotopic (exact) mass is 630 g/mol. The molecule has 4 rings (SSSR count). The van der Waals surface area contributed by atoms with Crippen LogP contribution in [0.1, 0.15) is 10.5 Å². The van der Waals surface area contributed by atoms with Crippen molar-refractivity contribution in [3.05, 3.63) is 58.7 Å². The maximum atomic E-state index is 12.0. The Bertz CT molecular complexity index is 1880. The molecule has 0 radical (unpaired) electrons. The van der Waals surface area contributed by atoms with Gasteiger partial charge in [-0.15, -0.1) is 10.2 Å². The quantitative estimate of drug-likeness (QED) is 0.138. The molecule has 0 aliphatic carbocycles. The fourth-order valence-corrected chi connectivity index (χ4v) is 4.56. The lowest BCUT2D eigenvalue weighted by atomic mass is 10.3. The van der Waals surface area contributed by atoms with Crippen LogP contribution in [0.2, 0.25) is 10.6 Å². The number of nitrogens with zero attached hydrogens (tertiary/aromatic N) is 7. The third kappa shape index (κ3) is 6.30. The van der Waals surface area contributed by atoms with Gasteiger partial charge >= 0.3 is 5.97 Å². The van der Waals surface area contributed by atoms with Crippen LogP contribution in [0, 0.1) is 0 Å². The van der Waals surface area contributed by atoms with Gasteiger partial charge in [0, 0.05) is 5.69 Å². The number of anilines is 2. The zero-order valence-corrected chi connectivity index (χ0v) is 22.2. The number of carboxylic acid groups (broad SMARTS) is 1. The van der Waals surface area contributed by atoms with Crippen molar-refractivity contribution in [1.82, 2.24) is 24.7 Å². The molecule has 40 heavy (non-hydrogen) atoms. The van der Waals surface area contributed by atoms with Crippen molar-refractivity contribution < 1.29 is 40.9 Å². The molecule has 0 aliphatic rings. The molecule has 0 saturated carbocycles. The van der Waals surface area contributed by atoms with Gasteiger partial charge < -0.3 is 15.5 Å². The highest BCUT2D eigenvalue weighted by Crippen LogP contribution is 2.36. The summed E-state index contributed by atoms with van der Waals surface area (Å²) in [6.07, 6.45) is 0. The Kier molecular flexibility index (Phi) is 7.70. The van der Waals surface area contributed by atoms with Crippen molar-refractivity contribution in [2.75, 3.05) is 5.32 Å². The Hall–Kier alpha value is -4.27. The van der Waals surface area contributed by atoms with Gasteiger partial charge in [0.1, 0.15) is 10.6 Å². The Morgan fingerprint density at radius 3 is 2.08 bits per heavy atom. The minimum Gasteiger partial charge on any atom is -0.492 e. The van der Waals surface area contributed by atoms with E-state index in [-0.39, 0.29) is 27.9 Å². The number of benzene rings is 2. The van der Waals surface area contributed by atoms with E-state index in [0.717, 1.165) is 36.4 Å². The molecule has 17 nitrogen and oxygen atoms in total. The number of aromatic hydroxyl groups is 1. The van der Waals surface area contributed by atoms with Crippen LogP contribution < -0.4 is 5.32 Å². The zero-order chi connectivity index (χ0) is 29.4. The minimum absolute atomic E-state index is 0.0264. The summed E-state index contributed by atoms with van der Waals surface area (Å²) in [5.74, 6) is -2.67. The molecule has 0 fully saturated rings. The second kappa shape index (κ2) is 10.7. The van der Waals surface area contributed by atoms with Gasteiger partial charge in [0.2, 0.25) is 28.1 Å². The van der Waals surface area contributed by atoms with Crippen LogP contribution in [0.3, 0.4) is 0 Å². The maximum absolute atomic E-state index is 12.0. The van der Waals surface area contributed by atoms with Crippen molar-refractivity contribution in [2.24, 2.45) is 10.2 Å². The molecule has 208 valence electrons. The summed E-state index contributed by atoms with van der Waals surface area (Å²) >= 11 is 11.4. The molecule has 2 aromatic carbocycles. The van der Waals surface area contributed by atoms with Crippen molar-refractivity contribution in [1.29, 1.82) is 0 Å². The van der Waals surface area contributed by atoms with Gasteiger partial charge in [0.15, 0.2) is 5.69 Å². The lowest BCUT2D eigenvalue weighted by Gasteiger charge is -2.08. The summed E-state index contributed by atoms with van der Waals surface area (Å²) in [6, 6.07) is 7.44. The molecule has 0 saturated heterocycles. The predicted octanol–water partition coefficient (Wildman–Crippen LogP) is 3.42. The topological polar surface area (TPSA) is 260 Å². The summed E-state index contributed by atoms with van der Waals surface area (Å²) in [7, 11) is -9.45. The lowest BCUT2D eigenvalue weighted by molar-refractivity contribution is 0.0690. The normalized spacial score (nSPS) is 12.1. The number of azo groups is 1. The van der Waals surface area contributed by atoms with Crippen molar-refractivity contribution >= 4 is 72.4 Å². The third-order valence-corrected chi connectivity index (χ3v) is 6.84. The number of rotatable bonds is 8. The first-order valence-corrected chi connectivity index (χ1v) is 13.8. The number of carboxylic acids is 1. The molecule has 4 aromatic rings. The highest BCUT2D eigenvalue weighted by atomic mass is 35.5. The van der Waals surface area contributed by atoms with Gasteiger partial charge in [-0.25, -0.2) is 4.79 Å². The number of halogens is 2. The summed E-state index contributed by atoms with van der Waals surface area (Å²) in [6.45, 7) is 0. The Labute approximate surface area is 233 Å². The molecule has 0 atom stereocenters. The highest BCUT2D eigenvalue weighted by molar-refractivity contribution is 7.86. The standard InChI is InChI=1S/C19H12Cl2N8O9S2/c20-17-23-18(21)25-19(24-17)22-8-1-6-11(12(7-8)40(36,37)38)26-27-13-14(16(31)32)28-29(15(13)30)9-2-4-10(5-3-9)39(33,34)35/h1-7,30H,(H,31,32)(H,33,34,35)(H,36,37,38)(H,22,23,24,25)/b27-26+. The molecule has 0 spiro atoms. The SMILES string of the molecule is O=C(O)c1nn(-c2ccc(S(=O)(=O)O)cc2)c(O)c1/N=N/c1ccc(Nc2nc(Cl)nc(Cl)n2)cc1S(=O)(=O)O. The van der Waals surface area contributed by atoms with E-state index < -0.39 is 58.9 Å². The number of aromatic nitrogens is 5. The van der Waals surface area contributed by atoms with Gasteiger partial charge in [0.05, 0.1) is 10.6 Å². The van der Waals surface area contributed by atoms with Crippen LogP contribution in [-0.2, 0) is 20.2 Å². The fraction of sp³-hybridized carbons (Fsp3) is 0. The average Bonchev–Trinajstić information content (AvgIpc) is 3.18. The molecule has 0 bridgehead atoms. The van der Waals surface area contributed by atoms with Gasteiger partial charge in [0.25, 0.3) is 20.2 Å². The first kappa shape index (κ1) is 28.7. The largest absolute Gasteiger partial charge is 0.492 e. The summed E-state index contributed by atoms with van der Waals surface area (Å²) in [5, 5.41) is 33.2. The summed E-state index contributed by atoms with van der Waals surface area (Å²) < 4.78 is 66.1. The molecule has 0 unspecified atom stereocenters. The Balaban J connectivity index is 1.74. The van der Waals surface area contributed by atoms with Gasteiger partial charge in [-0.05, 0) is 65.7 Å². The number of nitrogens with one attached hydrogen (secondary N) is 1. The van der Waals surface area contributed by atoms with Gasteiger partial charge in [-0.3, -0.25) is 9.11 Å². The molecule has 21 heteroatoms. The van der Waals surface area contributed by atoms with Crippen LogP contribution >= 0.6 is 23.2 Å². The Morgan fingerprint density at radius 1 is 0.900 bits per heavy atom. The molecule has 0 amide bonds. The van der Waals surface area contributed by atoms with Crippen molar-refractivity contribution in [2.45, 2.75) is 9.79 Å². The van der Waals surface area contributed by atoms with E-state index in [1.54, 1.807) is 0 Å². The number of hydrogen-bond acceptors (Lipinski definition) is 13. The minimum atomic E-state index is -4.93. The molecule has 2 aromatic heterocycles. The molecular weight excluding hydrogens is 619 g/mol. The van der Waals surface area contributed by atoms with E-state index in [4.69, 9.17) is 27.8 Å². The molecule has 5 N–H and O–H groups in total. The molecular formula is C19H12Cl2N8O9S2. The van der Waals surface area contributed by atoms with Crippen LogP contribution in [0.15, 0.2) is 62.5 Å². The summed E-state index contributed by atoms with van der Waals surface area (Å²) in [5.41, 5.74) is -1.98. The average molecular weight is 631 g/mol. The van der Waals surface area contributed by atoms with E-state index >= 15 is 0 Å². The third-order valence-electron chi connectivity index (χ3n) is 4.75. The fourth-order valence-electron chi connectivity index (χ4n) is 3.07. The smallest absolute Gasteiger partial charge is 0.358 e. The van der Waals surface area contributed by atoms with E-state index in [2.05, 4.69) is 35.6 Å². The first-order valence-electron chi connectivity index (χ1n) is 10.1. The molecule has 2 heterocycles. The van der Waals surface area contributed by atoms with Crippen molar-refractivity contribution in [3.63, 3.8) is 0 Å². The van der Waals surface area contributed by atoms with Crippen LogP contribution in [0.4, 0.5) is 23.0 Å². The van der Waals surface area contributed by atoms with Crippen molar-refractivity contribution in [3.8, 4) is 11.6 Å². The van der Waals surface area contributed by atoms with Gasteiger partial charge in [-0.2, -0.15) is 41.6 Å². The number of hydrogen-bond donors (Lipinski definition) is 5. The lowest BCUT2D eigenvalue weighted by Crippen LogP contribution is -2.03. The second-order valence-electron chi connectivity index (χ2n) is 7.39. The Morgan fingerprint density at radius 2 is 1.52 bits per heavy atom. The second-order valence-corrected chi connectivity index (χ2v) is 10.9. The summed E-state index contributed by atoms with van der Waals surface area (Å²) in [4.78, 5) is 21.6. The van der Waals surface area contributed by atoms with Gasteiger partial charge in [-0.1, -0.05) is 0 Å². The number of carbonyl (C=O) groups is 1. The first-order chi connectivity index (χ1) is 18.6. The van der Waals surface area contributed by atoms with Crippen LogP contribution in [0.5, 0.6) is 5.88 Å². The van der Waals surface area contributed by atoms with E-state index in [1.807, 2.05) is 0 Å². The number of aromatic carboxylic acids is 1. The maximum Gasteiger partial charge on any atom is 0.358 e. The zero-order valence-electron chi connectivity index (χ0n) is 19.1. The van der Waals surface area contributed by atoms with E-state index in [0.29, 0.717) is 4.68 Å². The van der Waals surface area contributed by atoms with E-state index in [9.17, 15) is 36.4 Å². The van der Waals surface area contributed by atoms with Crippen LogP contribution in [-0.4, -0.2) is 66.9 Å². The van der Waals surface area contributed by atoms with E-state index in [1.165, 1.54) is 6.07 Å². The molecule has 0 aliphatic heterocycles. The predicted molar refractivity (Wildman–Crippen MR) is 136 cm³/mol. The van der Waals surface area contributed by atoms with Crippen LogP contribution in [0.25, 0.3) is 5.69 Å². The highest BCUT2D eigenvalue weighted by Gasteiger charge is 2.25.